The average Bonchev–Trinajstić information content (AvgIpc) is 3.20. The number of esters is 1. The van der Waals surface area contributed by atoms with E-state index in [9.17, 15) is 18.0 Å². The summed E-state index contributed by atoms with van der Waals surface area (Å²) in [5.41, 5.74) is -0.0742. The van der Waals surface area contributed by atoms with Crippen LogP contribution in [0.2, 0.25) is 0 Å². The number of aryl methyl sites for hydroxylation is 1. The molecule has 2 aromatic heterocycles. The first kappa shape index (κ1) is 20.4. The zero-order chi connectivity index (χ0) is 21.0. The van der Waals surface area contributed by atoms with Crippen LogP contribution in [0.15, 0.2) is 47.1 Å². The summed E-state index contributed by atoms with van der Waals surface area (Å²) >= 11 is 0. The van der Waals surface area contributed by atoms with Crippen LogP contribution in [-0.4, -0.2) is 22.5 Å². The molecule has 6 nitrogen and oxygen atoms in total. The minimum Gasteiger partial charge on any atom is -0.463 e. The molecule has 152 valence electrons. The minimum absolute atomic E-state index is 0.0182. The van der Waals surface area contributed by atoms with Gasteiger partial charge in [-0.25, -0.2) is 14.8 Å². The van der Waals surface area contributed by atoms with E-state index in [4.69, 9.17) is 9.15 Å². The first-order chi connectivity index (χ1) is 13.8. The van der Waals surface area contributed by atoms with Crippen LogP contribution in [0.25, 0.3) is 11.5 Å². The SMILES string of the molecule is CCOC(=O)c1c(NCc2cccc(C(F)(F)F)c2)nc(C)nc1-c1ccco1. The largest absolute Gasteiger partial charge is 0.463 e. The molecule has 2 heterocycles. The van der Waals surface area contributed by atoms with Gasteiger partial charge in [-0.15, -0.1) is 0 Å². The van der Waals surface area contributed by atoms with Crippen LogP contribution in [0.1, 0.15) is 34.2 Å². The summed E-state index contributed by atoms with van der Waals surface area (Å²) in [5.74, 6) is 0.196. The molecular weight excluding hydrogens is 387 g/mol. The van der Waals surface area contributed by atoms with Gasteiger partial charge >= 0.3 is 12.1 Å². The molecule has 3 rings (SSSR count). The van der Waals surface area contributed by atoms with Gasteiger partial charge in [0, 0.05) is 6.54 Å². The van der Waals surface area contributed by atoms with Gasteiger partial charge in [0.2, 0.25) is 0 Å². The van der Waals surface area contributed by atoms with Crippen molar-refractivity contribution < 1.29 is 27.1 Å². The number of rotatable bonds is 6. The smallest absolute Gasteiger partial charge is 0.416 e. The van der Waals surface area contributed by atoms with Crippen LogP contribution in [0, 0.1) is 6.92 Å². The maximum Gasteiger partial charge on any atom is 0.416 e. The molecular formula is C20H18F3N3O3. The quantitative estimate of drug-likeness (QED) is 0.591. The van der Waals surface area contributed by atoms with Crippen molar-refractivity contribution in [2.45, 2.75) is 26.6 Å². The number of benzene rings is 1. The summed E-state index contributed by atoms with van der Waals surface area (Å²) < 4.78 is 49.3. The normalized spacial score (nSPS) is 11.3. The number of hydrogen-bond donors (Lipinski definition) is 1. The lowest BCUT2D eigenvalue weighted by molar-refractivity contribution is -0.137. The standard InChI is InChI=1S/C20H18F3N3O3/c1-3-28-19(27)16-17(15-8-5-9-29-15)25-12(2)26-18(16)24-11-13-6-4-7-14(10-13)20(21,22)23/h4-10H,3,11H2,1-2H3,(H,24,25,26). The Kier molecular flexibility index (Phi) is 5.86. The van der Waals surface area contributed by atoms with E-state index in [2.05, 4.69) is 15.3 Å². The minimum atomic E-state index is -4.44. The molecule has 0 spiro atoms. The van der Waals surface area contributed by atoms with E-state index >= 15 is 0 Å². The highest BCUT2D eigenvalue weighted by atomic mass is 19.4. The number of aromatic nitrogens is 2. The maximum absolute atomic E-state index is 12.9. The third-order valence-corrected chi connectivity index (χ3v) is 3.97. The first-order valence-corrected chi connectivity index (χ1v) is 8.79. The van der Waals surface area contributed by atoms with Gasteiger partial charge in [-0.3, -0.25) is 0 Å². The van der Waals surface area contributed by atoms with Crippen molar-refractivity contribution in [3.63, 3.8) is 0 Å². The molecule has 0 fully saturated rings. The number of halogens is 3. The Balaban J connectivity index is 1.97. The average molecular weight is 405 g/mol. The van der Waals surface area contributed by atoms with Crippen molar-refractivity contribution in [3.8, 4) is 11.5 Å². The van der Waals surface area contributed by atoms with Gasteiger partial charge in [-0.2, -0.15) is 13.2 Å². The molecule has 0 aliphatic carbocycles. The first-order valence-electron chi connectivity index (χ1n) is 8.79. The molecule has 1 aromatic carbocycles. The number of nitrogens with one attached hydrogen (secondary N) is 1. The van der Waals surface area contributed by atoms with E-state index in [1.54, 1.807) is 32.0 Å². The number of hydrogen-bond acceptors (Lipinski definition) is 6. The summed E-state index contributed by atoms with van der Waals surface area (Å²) in [6, 6.07) is 8.20. The summed E-state index contributed by atoms with van der Waals surface area (Å²) in [5, 5.41) is 2.93. The number of carbonyl (C=O) groups excluding carboxylic acids is 1. The van der Waals surface area contributed by atoms with Crippen molar-refractivity contribution in [2.24, 2.45) is 0 Å². The number of alkyl halides is 3. The van der Waals surface area contributed by atoms with Crippen molar-refractivity contribution >= 4 is 11.8 Å². The second-order valence-corrected chi connectivity index (χ2v) is 6.09. The van der Waals surface area contributed by atoms with Gasteiger partial charge in [-0.1, -0.05) is 12.1 Å². The van der Waals surface area contributed by atoms with E-state index < -0.39 is 17.7 Å². The van der Waals surface area contributed by atoms with Crippen LogP contribution in [0.5, 0.6) is 0 Å². The third-order valence-electron chi connectivity index (χ3n) is 3.97. The Labute approximate surface area is 164 Å². The van der Waals surface area contributed by atoms with Crippen LogP contribution in [0.4, 0.5) is 19.0 Å². The molecule has 0 unspecified atom stereocenters. The van der Waals surface area contributed by atoms with Gasteiger partial charge in [0.25, 0.3) is 0 Å². The van der Waals surface area contributed by atoms with Crippen molar-refractivity contribution in [1.29, 1.82) is 0 Å². The summed E-state index contributed by atoms with van der Waals surface area (Å²) in [4.78, 5) is 21.1. The van der Waals surface area contributed by atoms with Crippen LogP contribution < -0.4 is 5.32 Å². The fourth-order valence-corrected chi connectivity index (χ4v) is 2.73. The Bertz CT molecular complexity index is 1000. The number of ether oxygens (including phenoxy) is 1. The van der Waals surface area contributed by atoms with Gasteiger partial charge < -0.3 is 14.5 Å². The van der Waals surface area contributed by atoms with E-state index in [1.165, 1.54) is 12.3 Å². The molecule has 0 aliphatic rings. The Morgan fingerprint density at radius 2 is 2.00 bits per heavy atom. The number of nitrogens with zero attached hydrogens (tertiary/aromatic N) is 2. The van der Waals surface area contributed by atoms with Gasteiger partial charge in [0.15, 0.2) is 5.76 Å². The number of carbonyl (C=O) groups is 1. The molecule has 0 bridgehead atoms. The van der Waals surface area contributed by atoms with Crippen molar-refractivity contribution in [1.82, 2.24) is 9.97 Å². The summed E-state index contributed by atoms with van der Waals surface area (Å²) in [6.45, 7) is 3.45. The fraction of sp³-hybridized carbons (Fsp3) is 0.250. The second-order valence-electron chi connectivity index (χ2n) is 6.09. The Morgan fingerprint density at radius 3 is 2.66 bits per heavy atom. The second kappa shape index (κ2) is 8.34. The molecule has 0 aliphatic heterocycles. The predicted octanol–water partition coefficient (Wildman–Crippen LogP) is 4.85. The fourth-order valence-electron chi connectivity index (χ4n) is 2.73. The molecule has 0 saturated heterocycles. The number of anilines is 1. The Hall–Kier alpha value is -3.36. The topological polar surface area (TPSA) is 77.2 Å². The predicted molar refractivity (Wildman–Crippen MR) is 99.2 cm³/mol. The molecule has 3 aromatic rings. The van der Waals surface area contributed by atoms with Crippen LogP contribution >= 0.6 is 0 Å². The third kappa shape index (κ3) is 4.74. The zero-order valence-electron chi connectivity index (χ0n) is 15.7. The highest BCUT2D eigenvalue weighted by Crippen LogP contribution is 2.31. The summed E-state index contributed by atoms with van der Waals surface area (Å²) in [7, 11) is 0. The highest BCUT2D eigenvalue weighted by molar-refractivity contribution is 6.00. The molecule has 0 amide bonds. The molecule has 1 N–H and O–H groups in total. The lowest BCUT2D eigenvalue weighted by Crippen LogP contribution is -2.15. The maximum atomic E-state index is 12.9. The lowest BCUT2D eigenvalue weighted by atomic mass is 10.1. The molecule has 0 saturated carbocycles. The monoisotopic (exact) mass is 405 g/mol. The highest BCUT2D eigenvalue weighted by Gasteiger charge is 2.30. The van der Waals surface area contributed by atoms with Gasteiger partial charge in [0.1, 0.15) is 22.9 Å². The van der Waals surface area contributed by atoms with Crippen LogP contribution in [0.3, 0.4) is 0 Å². The van der Waals surface area contributed by atoms with Crippen LogP contribution in [-0.2, 0) is 17.5 Å². The summed E-state index contributed by atoms with van der Waals surface area (Å²) in [6.07, 6.45) is -3.00. The molecule has 0 radical (unpaired) electrons. The lowest BCUT2D eigenvalue weighted by Gasteiger charge is -2.14. The van der Waals surface area contributed by atoms with Crippen molar-refractivity contribution in [2.75, 3.05) is 11.9 Å². The van der Waals surface area contributed by atoms with Gasteiger partial charge in [0.05, 0.1) is 18.4 Å². The van der Waals surface area contributed by atoms with E-state index in [0.29, 0.717) is 17.1 Å². The molecule has 9 heteroatoms. The van der Waals surface area contributed by atoms with E-state index in [0.717, 1.165) is 12.1 Å². The zero-order valence-corrected chi connectivity index (χ0v) is 15.7. The molecule has 29 heavy (non-hydrogen) atoms. The van der Waals surface area contributed by atoms with Crippen molar-refractivity contribution in [3.05, 3.63) is 65.2 Å². The van der Waals surface area contributed by atoms with E-state index in [1.807, 2.05) is 0 Å². The Morgan fingerprint density at radius 1 is 1.21 bits per heavy atom. The van der Waals surface area contributed by atoms with Gasteiger partial charge in [-0.05, 0) is 43.7 Å². The number of furan rings is 1. The molecule has 0 atom stereocenters. The van der Waals surface area contributed by atoms with E-state index in [-0.39, 0.29) is 30.2 Å².